The Kier molecular flexibility index (Phi) is 3.11. The minimum Gasteiger partial charge on any atom is -0.381 e. The highest BCUT2D eigenvalue weighted by atomic mass is 16.5. The molecule has 0 spiro atoms. The van der Waals surface area contributed by atoms with Crippen LogP contribution in [0, 0.1) is 5.92 Å². The van der Waals surface area contributed by atoms with Gasteiger partial charge in [-0.25, -0.2) is 0 Å². The molecule has 2 N–H and O–H groups in total. The fraction of sp³-hybridized carbons (Fsp3) is 0.545. The topological polar surface area (TPSA) is 48.1 Å². The van der Waals surface area contributed by atoms with Gasteiger partial charge in [-0.2, -0.15) is 0 Å². The van der Waals surface area contributed by atoms with Gasteiger partial charge in [0.05, 0.1) is 13.2 Å². The van der Waals surface area contributed by atoms with E-state index < -0.39 is 0 Å². The molecule has 1 aromatic rings. The average Bonchev–Trinajstić information content (AvgIpc) is 2.18. The summed E-state index contributed by atoms with van der Waals surface area (Å²) >= 11 is 0. The van der Waals surface area contributed by atoms with Crippen molar-refractivity contribution in [3.05, 3.63) is 30.1 Å². The van der Waals surface area contributed by atoms with E-state index in [-0.39, 0.29) is 0 Å². The molecule has 1 aliphatic heterocycles. The van der Waals surface area contributed by atoms with Crippen LogP contribution in [0.1, 0.15) is 18.0 Å². The molecule has 0 aromatic carbocycles. The monoisotopic (exact) mass is 192 g/mol. The summed E-state index contributed by atoms with van der Waals surface area (Å²) in [6.45, 7) is 2.46. The van der Waals surface area contributed by atoms with Gasteiger partial charge in [0.1, 0.15) is 0 Å². The summed E-state index contributed by atoms with van der Waals surface area (Å²) in [5, 5.41) is 0. The SMILES string of the molecule is NCC(CC1COC1)c1ccccn1. The van der Waals surface area contributed by atoms with Gasteiger partial charge in [-0.05, 0) is 18.6 Å². The third-order valence-electron chi connectivity index (χ3n) is 2.72. The minimum atomic E-state index is 0.394. The van der Waals surface area contributed by atoms with Gasteiger partial charge in [0, 0.05) is 30.3 Å². The Balaban J connectivity index is 1.98. The number of ether oxygens (including phenoxy) is 1. The molecule has 1 aromatic heterocycles. The quantitative estimate of drug-likeness (QED) is 0.778. The fourth-order valence-corrected chi connectivity index (χ4v) is 1.78. The Morgan fingerprint density at radius 1 is 1.50 bits per heavy atom. The first-order valence-electron chi connectivity index (χ1n) is 5.09. The van der Waals surface area contributed by atoms with Gasteiger partial charge in [-0.15, -0.1) is 0 Å². The van der Waals surface area contributed by atoms with Crippen LogP contribution in [0.3, 0.4) is 0 Å². The number of nitrogens with two attached hydrogens (primary N) is 1. The molecule has 14 heavy (non-hydrogen) atoms. The molecule has 1 fully saturated rings. The van der Waals surface area contributed by atoms with E-state index in [1.807, 2.05) is 18.3 Å². The average molecular weight is 192 g/mol. The standard InChI is InChI=1S/C11H16N2O/c12-6-10(5-9-7-14-8-9)11-3-1-2-4-13-11/h1-4,9-10H,5-8,12H2. The predicted octanol–water partition coefficient (Wildman–Crippen LogP) is 1.16. The molecule has 76 valence electrons. The number of hydrogen-bond acceptors (Lipinski definition) is 3. The first-order chi connectivity index (χ1) is 6.90. The van der Waals surface area contributed by atoms with Gasteiger partial charge in [-0.1, -0.05) is 6.07 Å². The maximum absolute atomic E-state index is 5.75. The number of aromatic nitrogens is 1. The number of nitrogens with zero attached hydrogens (tertiary/aromatic N) is 1. The Morgan fingerprint density at radius 3 is 2.86 bits per heavy atom. The zero-order valence-corrected chi connectivity index (χ0v) is 8.23. The van der Waals surface area contributed by atoms with Crippen LogP contribution in [-0.2, 0) is 4.74 Å². The molecule has 0 aliphatic carbocycles. The highest BCUT2D eigenvalue weighted by molar-refractivity contribution is 5.10. The second-order valence-electron chi connectivity index (χ2n) is 3.83. The lowest BCUT2D eigenvalue weighted by atomic mass is 9.90. The summed E-state index contributed by atoms with van der Waals surface area (Å²) in [5.41, 5.74) is 6.86. The molecule has 0 bridgehead atoms. The molecule has 2 heterocycles. The number of hydrogen-bond donors (Lipinski definition) is 1. The minimum absolute atomic E-state index is 0.394. The molecule has 0 radical (unpaired) electrons. The van der Waals surface area contributed by atoms with Crippen LogP contribution in [0.15, 0.2) is 24.4 Å². The molecule has 2 rings (SSSR count). The highest BCUT2D eigenvalue weighted by Crippen LogP contribution is 2.25. The lowest BCUT2D eigenvalue weighted by Crippen LogP contribution is -2.31. The molecule has 1 unspecified atom stereocenters. The molecule has 3 heteroatoms. The summed E-state index contributed by atoms with van der Waals surface area (Å²) in [5.74, 6) is 1.08. The zero-order chi connectivity index (χ0) is 9.80. The van der Waals surface area contributed by atoms with Crippen molar-refractivity contribution in [3.8, 4) is 0 Å². The molecule has 0 saturated carbocycles. The van der Waals surface area contributed by atoms with Crippen molar-refractivity contribution >= 4 is 0 Å². The second kappa shape index (κ2) is 4.53. The van der Waals surface area contributed by atoms with E-state index >= 15 is 0 Å². The van der Waals surface area contributed by atoms with Gasteiger partial charge in [-0.3, -0.25) is 4.98 Å². The van der Waals surface area contributed by atoms with Crippen molar-refractivity contribution < 1.29 is 4.74 Å². The van der Waals surface area contributed by atoms with Gasteiger partial charge >= 0.3 is 0 Å². The normalized spacial score (nSPS) is 18.9. The Morgan fingerprint density at radius 2 is 2.36 bits per heavy atom. The van der Waals surface area contributed by atoms with E-state index in [0.29, 0.717) is 18.4 Å². The molecular formula is C11H16N2O. The Bertz CT molecular complexity index is 272. The van der Waals surface area contributed by atoms with Crippen LogP contribution in [0.25, 0.3) is 0 Å². The van der Waals surface area contributed by atoms with Gasteiger partial charge < -0.3 is 10.5 Å². The van der Waals surface area contributed by atoms with Crippen LogP contribution in [0.2, 0.25) is 0 Å². The summed E-state index contributed by atoms with van der Waals surface area (Å²) < 4.78 is 5.15. The Labute approximate surface area is 84.3 Å². The summed E-state index contributed by atoms with van der Waals surface area (Å²) in [7, 11) is 0. The maximum atomic E-state index is 5.75. The van der Waals surface area contributed by atoms with E-state index in [4.69, 9.17) is 10.5 Å². The van der Waals surface area contributed by atoms with Gasteiger partial charge in [0.2, 0.25) is 0 Å². The smallest absolute Gasteiger partial charge is 0.0516 e. The molecule has 3 nitrogen and oxygen atoms in total. The van der Waals surface area contributed by atoms with Crippen LogP contribution >= 0.6 is 0 Å². The lowest BCUT2D eigenvalue weighted by molar-refractivity contribution is -0.0383. The molecule has 1 saturated heterocycles. The predicted molar refractivity (Wildman–Crippen MR) is 55.0 cm³/mol. The lowest BCUT2D eigenvalue weighted by Gasteiger charge is -2.29. The fourth-order valence-electron chi connectivity index (χ4n) is 1.78. The number of rotatable bonds is 4. The third kappa shape index (κ3) is 2.11. The van der Waals surface area contributed by atoms with E-state index in [1.54, 1.807) is 0 Å². The van der Waals surface area contributed by atoms with Crippen molar-refractivity contribution in [3.63, 3.8) is 0 Å². The first kappa shape index (κ1) is 9.62. The second-order valence-corrected chi connectivity index (χ2v) is 3.83. The van der Waals surface area contributed by atoms with Crippen molar-refractivity contribution in [2.45, 2.75) is 12.3 Å². The van der Waals surface area contributed by atoms with Crippen LogP contribution in [-0.4, -0.2) is 24.7 Å². The van der Waals surface area contributed by atoms with E-state index in [9.17, 15) is 0 Å². The first-order valence-corrected chi connectivity index (χ1v) is 5.09. The summed E-state index contributed by atoms with van der Waals surface area (Å²) in [4.78, 5) is 4.34. The number of pyridine rings is 1. The zero-order valence-electron chi connectivity index (χ0n) is 8.23. The molecule has 1 aliphatic rings. The maximum Gasteiger partial charge on any atom is 0.0516 e. The summed E-state index contributed by atoms with van der Waals surface area (Å²) in [6, 6.07) is 6.00. The van der Waals surface area contributed by atoms with Crippen LogP contribution in [0.4, 0.5) is 0 Å². The van der Waals surface area contributed by atoms with E-state index in [0.717, 1.165) is 25.3 Å². The van der Waals surface area contributed by atoms with Crippen molar-refractivity contribution in [1.29, 1.82) is 0 Å². The molecular weight excluding hydrogens is 176 g/mol. The van der Waals surface area contributed by atoms with Gasteiger partial charge in [0.15, 0.2) is 0 Å². The summed E-state index contributed by atoms with van der Waals surface area (Å²) in [6.07, 6.45) is 2.93. The van der Waals surface area contributed by atoms with Crippen molar-refractivity contribution in [2.75, 3.05) is 19.8 Å². The molecule has 0 amide bonds. The largest absolute Gasteiger partial charge is 0.381 e. The molecule has 1 atom stereocenters. The van der Waals surface area contributed by atoms with Gasteiger partial charge in [0.25, 0.3) is 0 Å². The highest BCUT2D eigenvalue weighted by Gasteiger charge is 2.23. The van der Waals surface area contributed by atoms with Crippen LogP contribution in [0.5, 0.6) is 0 Å². The third-order valence-corrected chi connectivity index (χ3v) is 2.72. The van der Waals surface area contributed by atoms with Crippen molar-refractivity contribution in [1.82, 2.24) is 4.98 Å². The van der Waals surface area contributed by atoms with Crippen LogP contribution < -0.4 is 5.73 Å². The van der Waals surface area contributed by atoms with Crippen molar-refractivity contribution in [2.24, 2.45) is 11.7 Å². The van der Waals surface area contributed by atoms with E-state index in [2.05, 4.69) is 11.1 Å². The van der Waals surface area contributed by atoms with E-state index in [1.165, 1.54) is 0 Å². The Hall–Kier alpha value is -0.930.